The van der Waals surface area contributed by atoms with E-state index in [4.69, 9.17) is 0 Å². The highest BCUT2D eigenvalue weighted by Crippen LogP contribution is 2.63. The van der Waals surface area contributed by atoms with Crippen LogP contribution in [-0.4, -0.2) is 0 Å². The minimum atomic E-state index is 1.07. The highest BCUT2D eigenvalue weighted by atomic mass is 14.6. The predicted octanol–water partition coefficient (Wildman–Crippen LogP) is 3.08. The van der Waals surface area contributed by atoms with Crippen LogP contribution in [0.5, 0.6) is 0 Å². The lowest BCUT2D eigenvalue weighted by molar-refractivity contribution is 0.170. The van der Waals surface area contributed by atoms with Gasteiger partial charge in [0.1, 0.15) is 0 Å². The maximum atomic E-state index is 2.49. The summed E-state index contributed by atoms with van der Waals surface area (Å²) < 4.78 is 0. The van der Waals surface area contributed by atoms with Gasteiger partial charge in [0.25, 0.3) is 0 Å². The first kappa shape index (κ1) is 6.51. The maximum Gasteiger partial charge on any atom is -0.0352 e. The highest BCUT2D eigenvalue weighted by molar-refractivity contribution is 5.04. The van der Waals surface area contributed by atoms with Crippen LogP contribution in [0.1, 0.15) is 39.0 Å². The van der Waals surface area contributed by atoms with Gasteiger partial charge in [0.15, 0.2) is 0 Å². The Kier molecular flexibility index (Phi) is 1.20. The molecule has 5 unspecified atom stereocenters. The van der Waals surface area contributed by atoms with Crippen molar-refractivity contribution in [2.24, 2.45) is 29.6 Å². The largest absolute Gasteiger partial charge is 0.0622 e. The van der Waals surface area contributed by atoms with E-state index in [9.17, 15) is 0 Å². The molecule has 0 aromatic heterocycles. The zero-order valence-corrected chi connectivity index (χ0v) is 7.42. The van der Waals surface area contributed by atoms with Crippen LogP contribution in [0.3, 0.4) is 0 Å². The van der Waals surface area contributed by atoms with Crippen LogP contribution in [-0.2, 0) is 0 Å². The zero-order chi connectivity index (χ0) is 7.42. The van der Waals surface area contributed by atoms with Crippen molar-refractivity contribution in [3.63, 3.8) is 0 Å². The molecular weight excluding hydrogens is 132 g/mol. The third kappa shape index (κ3) is 0.816. The van der Waals surface area contributed by atoms with E-state index in [1.165, 1.54) is 30.6 Å². The fourth-order valence-corrected chi connectivity index (χ4v) is 3.88. The van der Waals surface area contributed by atoms with Crippen molar-refractivity contribution in [3.05, 3.63) is 0 Å². The molecule has 3 aliphatic carbocycles. The van der Waals surface area contributed by atoms with Gasteiger partial charge in [-0.15, -0.1) is 0 Å². The highest BCUT2D eigenvalue weighted by Gasteiger charge is 2.54. The summed E-state index contributed by atoms with van der Waals surface area (Å²) in [6, 6.07) is 0. The van der Waals surface area contributed by atoms with E-state index >= 15 is 0 Å². The summed E-state index contributed by atoms with van der Waals surface area (Å²) in [5, 5.41) is 0. The molecule has 0 spiro atoms. The Balaban J connectivity index is 1.81. The lowest BCUT2D eigenvalue weighted by Gasteiger charge is -2.33. The standard InChI is InChI=1S/C11H18/c1-7-3-2-4-9-10(7)5-8-6-11(8)9/h7-11H,2-6H2,1H3. The molecule has 0 heterocycles. The lowest BCUT2D eigenvalue weighted by Crippen LogP contribution is -2.24. The predicted molar refractivity (Wildman–Crippen MR) is 46.2 cm³/mol. The SMILES string of the molecule is CC1CCCC2C1CC1CC12. The molecule has 62 valence electrons. The molecule has 0 aromatic carbocycles. The quantitative estimate of drug-likeness (QED) is 0.498. The molecule has 0 aromatic rings. The van der Waals surface area contributed by atoms with Crippen LogP contribution in [0.2, 0.25) is 0 Å². The van der Waals surface area contributed by atoms with E-state index in [0.717, 1.165) is 11.8 Å². The van der Waals surface area contributed by atoms with E-state index in [0.29, 0.717) is 0 Å². The van der Waals surface area contributed by atoms with Gasteiger partial charge >= 0.3 is 0 Å². The average molecular weight is 150 g/mol. The molecule has 0 aliphatic heterocycles. The summed E-state index contributed by atoms with van der Waals surface area (Å²) in [6.07, 6.45) is 7.85. The molecule has 0 bridgehead atoms. The van der Waals surface area contributed by atoms with E-state index in [1.54, 1.807) is 19.3 Å². The molecule has 3 rings (SSSR count). The van der Waals surface area contributed by atoms with Gasteiger partial charge in [-0.3, -0.25) is 0 Å². The van der Waals surface area contributed by atoms with Gasteiger partial charge < -0.3 is 0 Å². The topological polar surface area (TPSA) is 0 Å². The van der Waals surface area contributed by atoms with Crippen LogP contribution in [0, 0.1) is 29.6 Å². The second-order valence-corrected chi connectivity index (χ2v) is 5.13. The van der Waals surface area contributed by atoms with E-state index in [1.807, 2.05) is 0 Å². The monoisotopic (exact) mass is 150 g/mol. The first-order chi connectivity index (χ1) is 5.36. The summed E-state index contributed by atoms with van der Waals surface area (Å²) in [6.45, 7) is 2.49. The van der Waals surface area contributed by atoms with Gasteiger partial charge in [-0.25, -0.2) is 0 Å². The Bertz CT molecular complexity index is 173. The van der Waals surface area contributed by atoms with Gasteiger partial charge in [-0.1, -0.05) is 19.8 Å². The molecule has 0 N–H and O–H groups in total. The second kappa shape index (κ2) is 2.02. The third-order valence-corrected chi connectivity index (χ3v) is 4.58. The van der Waals surface area contributed by atoms with Crippen LogP contribution in [0.15, 0.2) is 0 Å². The normalized spacial score (nSPS) is 60.3. The van der Waals surface area contributed by atoms with Gasteiger partial charge in [0.05, 0.1) is 0 Å². The minimum absolute atomic E-state index is 1.07. The van der Waals surface area contributed by atoms with E-state index in [2.05, 4.69) is 6.92 Å². The molecule has 3 fully saturated rings. The molecule has 0 radical (unpaired) electrons. The second-order valence-electron chi connectivity index (χ2n) is 5.13. The molecular formula is C11H18. The Morgan fingerprint density at radius 3 is 2.55 bits per heavy atom. The molecule has 11 heavy (non-hydrogen) atoms. The van der Waals surface area contributed by atoms with Crippen LogP contribution in [0.25, 0.3) is 0 Å². The molecule has 0 saturated heterocycles. The Labute approximate surface area is 69.4 Å². The van der Waals surface area contributed by atoms with Crippen molar-refractivity contribution >= 4 is 0 Å². The van der Waals surface area contributed by atoms with Crippen molar-refractivity contribution in [2.75, 3.05) is 0 Å². The van der Waals surface area contributed by atoms with Gasteiger partial charge in [-0.05, 0) is 48.9 Å². The summed E-state index contributed by atoms with van der Waals surface area (Å²) in [5.74, 6) is 5.83. The summed E-state index contributed by atoms with van der Waals surface area (Å²) >= 11 is 0. The van der Waals surface area contributed by atoms with Crippen LogP contribution < -0.4 is 0 Å². The van der Waals surface area contributed by atoms with Gasteiger partial charge in [0, 0.05) is 0 Å². The minimum Gasteiger partial charge on any atom is -0.0622 e. The Morgan fingerprint density at radius 1 is 0.909 bits per heavy atom. The molecule has 5 atom stereocenters. The van der Waals surface area contributed by atoms with Gasteiger partial charge in [-0.2, -0.15) is 0 Å². The number of hydrogen-bond acceptors (Lipinski definition) is 0. The number of rotatable bonds is 0. The molecule has 0 nitrogen and oxygen atoms in total. The summed E-state index contributed by atoms with van der Waals surface area (Å²) in [4.78, 5) is 0. The molecule has 0 amide bonds. The van der Waals surface area contributed by atoms with Crippen molar-refractivity contribution in [2.45, 2.75) is 39.0 Å². The van der Waals surface area contributed by atoms with Crippen LogP contribution in [0.4, 0.5) is 0 Å². The van der Waals surface area contributed by atoms with E-state index < -0.39 is 0 Å². The lowest BCUT2D eigenvalue weighted by atomic mass is 9.72. The first-order valence-electron chi connectivity index (χ1n) is 5.36. The molecule has 3 aliphatic rings. The van der Waals surface area contributed by atoms with Crippen molar-refractivity contribution < 1.29 is 0 Å². The van der Waals surface area contributed by atoms with Crippen molar-refractivity contribution in [3.8, 4) is 0 Å². The van der Waals surface area contributed by atoms with Crippen molar-refractivity contribution in [1.82, 2.24) is 0 Å². The Morgan fingerprint density at radius 2 is 1.73 bits per heavy atom. The third-order valence-electron chi connectivity index (χ3n) is 4.58. The zero-order valence-electron chi connectivity index (χ0n) is 7.42. The van der Waals surface area contributed by atoms with Crippen molar-refractivity contribution in [1.29, 1.82) is 0 Å². The Hall–Kier alpha value is 0. The summed E-state index contributed by atoms with van der Waals surface area (Å²) in [5.41, 5.74) is 0. The van der Waals surface area contributed by atoms with E-state index in [-0.39, 0.29) is 0 Å². The fourth-order valence-electron chi connectivity index (χ4n) is 3.88. The fraction of sp³-hybridized carbons (Fsp3) is 1.00. The molecule has 0 heteroatoms. The maximum absolute atomic E-state index is 2.49. The summed E-state index contributed by atoms with van der Waals surface area (Å²) in [7, 11) is 0. The number of hydrogen-bond donors (Lipinski definition) is 0. The van der Waals surface area contributed by atoms with Crippen LogP contribution >= 0.6 is 0 Å². The smallest absolute Gasteiger partial charge is 0.0352 e. The number of fused-ring (bicyclic) bond motifs is 3. The molecule has 3 saturated carbocycles. The van der Waals surface area contributed by atoms with Gasteiger partial charge in [0.2, 0.25) is 0 Å². The first-order valence-corrected chi connectivity index (χ1v) is 5.36. The average Bonchev–Trinajstić information content (AvgIpc) is 2.67.